The number of rotatable bonds is 4. The van der Waals surface area contributed by atoms with E-state index in [1.165, 1.54) is 6.07 Å². The lowest BCUT2D eigenvalue weighted by Crippen LogP contribution is -2.32. The van der Waals surface area contributed by atoms with Gasteiger partial charge in [-0.15, -0.1) is 0 Å². The van der Waals surface area contributed by atoms with Crippen LogP contribution >= 0.6 is 0 Å². The van der Waals surface area contributed by atoms with Gasteiger partial charge in [0.2, 0.25) is 0 Å². The van der Waals surface area contributed by atoms with Crippen LogP contribution in [0.4, 0.5) is 5.69 Å². The van der Waals surface area contributed by atoms with Gasteiger partial charge in [0.25, 0.3) is 15.9 Å². The monoisotopic (exact) mass is 400 g/mol. The van der Waals surface area contributed by atoms with Crippen molar-refractivity contribution in [2.45, 2.75) is 51.3 Å². The fourth-order valence-electron chi connectivity index (χ4n) is 3.54. The van der Waals surface area contributed by atoms with Crippen LogP contribution in [0.25, 0.3) is 0 Å². The smallest absolute Gasteiger partial charge is 0.262 e. The Bertz CT molecular complexity index is 975. The predicted molar refractivity (Wildman–Crippen MR) is 112 cm³/mol. The van der Waals surface area contributed by atoms with E-state index in [1.807, 2.05) is 30.9 Å². The number of carbonyl (C=O) groups is 1. The molecular weight excluding hydrogens is 372 g/mol. The Balaban J connectivity index is 1.91. The standard InChI is InChI=1S/C22H28N2O3S/c1-16-9-8-10-20(18(16)3)23-28(26,27)21-15-19(12-11-17(21)2)22(25)24-13-6-4-5-7-14-24/h8-12,15,23H,4-7,13-14H2,1-3H3. The van der Waals surface area contributed by atoms with E-state index < -0.39 is 10.0 Å². The van der Waals surface area contributed by atoms with E-state index in [0.717, 1.165) is 49.9 Å². The molecule has 0 radical (unpaired) electrons. The van der Waals surface area contributed by atoms with Gasteiger partial charge in [-0.1, -0.05) is 31.0 Å². The van der Waals surface area contributed by atoms with E-state index in [4.69, 9.17) is 0 Å². The van der Waals surface area contributed by atoms with E-state index in [9.17, 15) is 13.2 Å². The zero-order valence-corrected chi connectivity index (χ0v) is 17.6. The van der Waals surface area contributed by atoms with Crippen molar-refractivity contribution >= 4 is 21.6 Å². The maximum Gasteiger partial charge on any atom is 0.262 e. The second-order valence-corrected chi connectivity index (χ2v) is 9.19. The number of nitrogens with one attached hydrogen (secondary N) is 1. The van der Waals surface area contributed by atoms with Crippen LogP contribution in [-0.2, 0) is 10.0 Å². The molecule has 0 aliphatic carbocycles. The topological polar surface area (TPSA) is 66.5 Å². The summed E-state index contributed by atoms with van der Waals surface area (Å²) in [6.07, 6.45) is 4.27. The molecule has 5 nitrogen and oxygen atoms in total. The van der Waals surface area contributed by atoms with E-state index in [2.05, 4.69) is 4.72 Å². The lowest BCUT2D eigenvalue weighted by molar-refractivity contribution is 0.0761. The van der Waals surface area contributed by atoms with Gasteiger partial charge in [0.1, 0.15) is 0 Å². The number of benzene rings is 2. The molecule has 1 aliphatic rings. The molecule has 1 fully saturated rings. The van der Waals surface area contributed by atoms with Gasteiger partial charge in [0.05, 0.1) is 10.6 Å². The number of likely N-dealkylation sites (tertiary alicyclic amines) is 1. The summed E-state index contributed by atoms with van der Waals surface area (Å²) in [4.78, 5) is 14.9. The first-order chi connectivity index (χ1) is 13.3. The van der Waals surface area contributed by atoms with Crippen LogP contribution in [0.15, 0.2) is 41.3 Å². The van der Waals surface area contributed by atoms with E-state index in [1.54, 1.807) is 25.1 Å². The molecule has 0 atom stereocenters. The van der Waals surface area contributed by atoms with E-state index in [0.29, 0.717) is 16.8 Å². The molecule has 1 N–H and O–H groups in total. The van der Waals surface area contributed by atoms with E-state index in [-0.39, 0.29) is 10.8 Å². The Hall–Kier alpha value is -2.34. The van der Waals surface area contributed by atoms with Gasteiger partial charge < -0.3 is 4.90 Å². The number of carbonyl (C=O) groups excluding carboxylic acids is 1. The highest BCUT2D eigenvalue weighted by Gasteiger charge is 2.23. The van der Waals surface area contributed by atoms with Crippen molar-refractivity contribution in [3.05, 3.63) is 58.7 Å². The second-order valence-electron chi connectivity index (χ2n) is 7.54. The predicted octanol–water partition coefficient (Wildman–Crippen LogP) is 4.43. The summed E-state index contributed by atoms with van der Waals surface area (Å²) in [7, 11) is -3.80. The summed E-state index contributed by atoms with van der Waals surface area (Å²) >= 11 is 0. The van der Waals surface area contributed by atoms with Crippen molar-refractivity contribution in [3.63, 3.8) is 0 Å². The van der Waals surface area contributed by atoms with Gasteiger partial charge in [-0.3, -0.25) is 9.52 Å². The molecule has 1 saturated heterocycles. The number of nitrogens with zero attached hydrogens (tertiary/aromatic N) is 1. The minimum absolute atomic E-state index is 0.0925. The zero-order valence-electron chi connectivity index (χ0n) is 16.8. The van der Waals surface area contributed by atoms with Gasteiger partial charge in [0.15, 0.2) is 0 Å². The molecule has 6 heteroatoms. The first kappa shape index (κ1) is 20.4. The Kier molecular flexibility index (Phi) is 6.08. The highest BCUT2D eigenvalue weighted by molar-refractivity contribution is 7.92. The third kappa shape index (κ3) is 4.38. The summed E-state index contributed by atoms with van der Waals surface area (Å²) in [6, 6.07) is 10.5. The Morgan fingerprint density at radius 1 is 0.929 bits per heavy atom. The molecule has 2 aromatic carbocycles. The van der Waals surface area contributed by atoms with Crippen LogP contribution in [0.2, 0.25) is 0 Å². The number of amides is 1. The van der Waals surface area contributed by atoms with Crippen LogP contribution in [0, 0.1) is 20.8 Å². The fourth-order valence-corrected chi connectivity index (χ4v) is 4.94. The largest absolute Gasteiger partial charge is 0.339 e. The maximum absolute atomic E-state index is 13.1. The molecule has 1 amide bonds. The number of sulfonamides is 1. The van der Waals surface area contributed by atoms with Crippen LogP contribution in [0.3, 0.4) is 0 Å². The normalized spacial score (nSPS) is 15.2. The summed E-state index contributed by atoms with van der Waals surface area (Å²) < 4.78 is 28.8. The summed E-state index contributed by atoms with van der Waals surface area (Å²) in [5, 5.41) is 0. The first-order valence-corrected chi connectivity index (χ1v) is 11.3. The van der Waals surface area contributed by atoms with Gasteiger partial charge in [-0.2, -0.15) is 0 Å². The first-order valence-electron chi connectivity index (χ1n) is 9.78. The van der Waals surface area contributed by atoms with Crippen molar-refractivity contribution in [1.29, 1.82) is 0 Å². The average molecular weight is 401 g/mol. The highest BCUT2D eigenvalue weighted by Crippen LogP contribution is 2.25. The van der Waals surface area contributed by atoms with Crippen molar-refractivity contribution in [2.24, 2.45) is 0 Å². The van der Waals surface area contributed by atoms with Crippen molar-refractivity contribution in [1.82, 2.24) is 4.90 Å². The number of hydrogen-bond donors (Lipinski definition) is 1. The Morgan fingerprint density at radius 2 is 1.61 bits per heavy atom. The number of hydrogen-bond acceptors (Lipinski definition) is 3. The van der Waals surface area contributed by atoms with Gasteiger partial charge in [-0.25, -0.2) is 8.42 Å². The average Bonchev–Trinajstić information content (AvgIpc) is 2.94. The van der Waals surface area contributed by atoms with Crippen molar-refractivity contribution in [3.8, 4) is 0 Å². The Labute approximate surface area is 167 Å². The minimum Gasteiger partial charge on any atom is -0.339 e. The molecular formula is C22H28N2O3S. The molecule has 1 aliphatic heterocycles. The van der Waals surface area contributed by atoms with Crippen molar-refractivity contribution < 1.29 is 13.2 Å². The number of anilines is 1. The molecule has 28 heavy (non-hydrogen) atoms. The third-order valence-electron chi connectivity index (χ3n) is 5.47. The van der Waals surface area contributed by atoms with Crippen LogP contribution in [0.1, 0.15) is 52.7 Å². The molecule has 1 heterocycles. The molecule has 0 bridgehead atoms. The lowest BCUT2D eigenvalue weighted by atomic mass is 10.1. The summed E-state index contributed by atoms with van der Waals surface area (Å²) in [5.74, 6) is -0.0925. The van der Waals surface area contributed by atoms with Gasteiger partial charge >= 0.3 is 0 Å². The van der Waals surface area contributed by atoms with Crippen LogP contribution < -0.4 is 4.72 Å². The van der Waals surface area contributed by atoms with Crippen LogP contribution in [-0.4, -0.2) is 32.3 Å². The second kappa shape index (κ2) is 8.35. The zero-order chi connectivity index (χ0) is 20.3. The summed E-state index contributed by atoms with van der Waals surface area (Å²) in [5.41, 5.74) is 3.50. The SMILES string of the molecule is Cc1ccc(C(=O)N2CCCCCC2)cc1S(=O)(=O)Nc1cccc(C)c1C. The maximum atomic E-state index is 13.1. The third-order valence-corrected chi connectivity index (χ3v) is 6.97. The molecule has 3 rings (SSSR count). The lowest BCUT2D eigenvalue weighted by Gasteiger charge is -2.21. The van der Waals surface area contributed by atoms with Crippen molar-refractivity contribution in [2.75, 3.05) is 17.8 Å². The molecule has 0 unspecified atom stereocenters. The van der Waals surface area contributed by atoms with Gasteiger partial charge in [0, 0.05) is 18.7 Å². The molecule has 2 aromatic rings. The molecule has 150 valence electrons. The van der Waals surface area contributed by atoms with Gasteiger partial charge in [-0.05, 0) is 68.5 Å². The number of aryl methyl sites for hydroxylation is 2. The quantitative estimate of drug-likeness (QED) is 0.826. The minimum atomic E-state index is -3.80. The fraction of sp³-hybridized carbons (Fsp3) is 0.409. The molecule has 0 aromatic heterocycles. The van der Waals surface area contributed by atoms with Crippen LogP contribution in [0.5, 0.6) is 0 Å². The highest BCUT2D eigenvalue weighted by atomic mass is 32.2. The Morgan fingerprint density at radius 3 is 2.29 bits per heavy atom. The summed E-state index contributed by atoms with van der Waals surface area (Å²) in [6.45, 7) is 7.04. The van der Waals surface area contributed by atoms with E-state index >= 15 is 0 Å². The molecule has 0 saturated carbocycles. The molecule has 0 spiro atoms.